The minimum atomic E-state index is -0.312. The Morgan fingerprint density at radius 1 is 1.08 bits per heavy atom. The fraction of sp³-hybridized carbons (Fsp3) is 0.368. The van der Waals surface area contributed by atoms with E-state index in [1.54, 1.807) is 36.4 Å². The minimum absolute atomic E-state index is 0.0574. The van der Waals surface area contributed by atoms with Crippen molar-refractivity contribution in [3.05, 3.63) is 54.0 Å². The monoisotopic (exact) mass is 326 g/mol. The SMILES string of the molecule is CC1CCCC(NC(=O)c2ccc(NC(=O)c3ccco3)cc2)C1. The number of hydrogen-bond acceptors (Lipinski definition) is 3. The van der Waals surface area contributed by atoms with Crippen LogP contribution in [0.5, 0.6) is 0 Å². The molecular weight excluding hydrogens is 304 g/mol. The minimum Gasteiger partial charge on any atom is -0.459 e. The van der Waals surface area contributed by atoms with Crippen LogP contribution in [-0.2, 0) is 0 Å². The highest BCUT2D eigenvalue weighted by atomic mass is 16.3. The predicted molar refractivity (Wildman–Crippen MR) is 92.0 cm³/mol. The third-order valence-corrected chi connectivity index (χ3v) is 4.42. The molecule has 1 aromatic carbocycles. The summed E-state index contributed by atoms with van der Waals surface area (Å²) in [7, 11) is 0. The van der Waals surface area contributed by atoms with Gasteiger partial charge in [0.25, 0.3) is 11.8 Å². The van der Waals surface area contributed by atoms with Crippen LogP contribution in [0.2, 0.25) is 0 Å². The molecule has 126 valence electrons. The summed E-state index contributed by atoms with van der Waals surface area (Å²) in [4.78, 5) is 24.2. The molecule has 1 aromatic heterocycles. The molecule has 2 N–H and O–H groups in total. The highest BCUT2D eigenvalue weighted by molar-refractivity contribution is 6.02. The van der Waals surface area contributed by atoms with E-state index in [4.69, 9.17) is 4.42 Å². The second-order valence-corrected chi connectivity index (χ2v) is 6.45. The Morgan fingerprint density at radius 2 is 1.88 bits per heavy atom. The standard InChI is InChI=1S/C19H22N2O3/c1-13-4-2-5-16(12-13)21-18(22)14-7-9-15(10-8-14)20-19(23)17-6-3-11-24-17/h3,6-11,13,16H,2,4-5,12H2,1H3,(H,20,23)(H,21,22). The van der Waals surface area contributed by atoms with Gasteiger partial charge in [0, 0.05) is 17.3 Å². The predicted octanol–water partition coefficient (Wildman–Crippen LogP) is 3.84. The van der Waals surface area contributed by atoms with E-state index in [1.165, 1.54) is 19.1 Å². The molecule has 2 amide bonds. The molecule has 0 bridgehead atoms. The van der Waals surface area contributed by atoms with Crippen LogP contribution in [0.15, 0.2) is 47.1 Å². The first kappa shape index (κ1) is 16.3. The van der Waals surface area contributed by atoms with E-state index < -0.39 is 0 Å². The molecule has 24 heavy (non-hydrogen) atoms. The van der Waals surface area contributed by atoms with Crippen LogP contribution in [0.4, 0.5) is 5.69 Å². The van der Waals surface area contributed by atoms with Crippen molar-refractivity contribution in [2.75, 3.05) is 5.32 Å². The van der Waals surface area contributed by atoms with E-state index in [0.717, 1.165) is 12.8 Å². The molecule has 1 aliphatic carbocycles. The van der Waals surface area contributed by atoms with Gasteiger partial charge in [-0.3, -0.25) is 9.59 Å². The van der Waals surface area contributed by atoms with Gasteiger partial charge in [0.2, 0.25) is 0 Å². The van der Waals surface area contributed by atoms with Crippen LogP contribution in [0, 0.1) is 5.92 Å². The van der Waals surface area contributed by atoms with Crippen LogP contribution >= 0.6 is 0 Å². The van der Waals surface area contributed by atoms with Crippen molar-refractivity contribution in [1.82, 2.24) is 5.32 Å². The van der Waals surface area contributed by atoms with Gasteiger partial charge in [-0.2, -0.15) is 0 Å². The van der Waals surface area contributed by atoms with Crippen LogP contribution in [0.3, 0.4) is 0 Å². The summed E-state index contributed by atoms with van der Waals surface area (Å²) in [6.07, 6.45) is 5.96. The number of furan rings is 1. The Labute approximate surface area is 141 Å². The van der Waals surface area contributed by atoms with Crippen molar-refractivity contribution in [2.45, 2.75) is 38.6 Å². The largest absolute Gasteiger partial charge is 0.459 e. The highest BCUT2D eigenvalue weighted by Crippen LogP contribution is 2.23. The summed E-state index contributed by atoms with van der Waals surface area (Å²) < 4.78 is 5.05. The van der Waals surface area contributed by atoms with Gasteiger partial charge in [-0.15, -0.1) is 0 Å². The maximum atomic E-state index is 12.3. The molecule has 1 fully saturated rings. The number of anilines is 1. The number of carbonyl (C=O) groups excluding carboxylic acids is 2. The Balaban J connectivity index is 1.57. The highest BCUT2D eigenvalue weighted by Gasteiger charge is 2.20. The number of rotatable bonds is 4. The zero-order chi connectivity index (χ0) is 16.9. The summed E-state index contributed by atoms with van der Waals surface area (Å²) in [5, 5.41) is 5.84. The molecule has 5 heteroatoms. The normalized spacial score (nSPS) is 20.4. The van der Waals surface area contributed by atoms with Gasteiger partial charge in [0.15, 0.2) is 5.76 Å². The van der Waals surface area contributed by atoms with Crippen molar-refractivity contribution in [1.29, 1.82) is 0 Å². The first-order chi connectivity index (χ1) is 11.6. The molecule has 0 spiro atoms. The van der Waals surface area contributed by atoms with Crippen LogP contribution in [0.25, 0.3) is 0 Å². The Kier molecular flexibility index (Phi) is 4.99. The van der Waals surface area contributed by atoms with Gasteiger partial charge in [-0.25, -0.2) is 0 Å². The molecule has 2 unspecified atom stereocenters. The van der Waals surface area contributed by atoms with Gasteiger partial charge >= 0.3 is 0 Å². The molecule has 1 aliphatic rings. The molecule has 1 saturated carbocycles. The molecule has 3 rings (SSSR count). The Bertz CT molecular complexity index is 692. The maximum Gasteiger partial charge on any atom is 0.291 e. The lowest BCUT2D eigenvalue weighted by Crippen LogP contribution is -2.37. The molecule has 0 aliphatic heterocycles. The van der Waals surface area contributed by atoms with Crippen molar-refractivity contribution in [3.63, 3.8) is 0 Å². The summed E-state index contributed by atoms with van der Waals surface area (Å²) in [5.41, 5.74) is 1.23. The molecule has 2 aromatic rings. The smallest absolute Gasteiger partial charge is 0.291 e. The number of nitrogens with one attached hydrogen (secondary N) is 2. The fourth-order valence-electron chi connectivity index (χ4n) is 3.14. The van der Waals surface area contributed by atoms with E-state index >= 15 is 0 Å². The van der Waals surface area contributed by atoms with E-state index in [1.807, 2.05) is 0 Å². The average Bonchev–Trinajstić information content (AvgIpc) is 3.10. The summed E-state index contributed by atoms with van der Waals surface area (Å²) in [5.74, 6) is 0.554. The zero-order valence-corrected chi connectivity index (χ0v) is 13.7. The van der Waals surface area contributed by atoms with E-state index in [2.05, 4.69) is 17.6 Å². The number of amides is 2. The Morgan fingerprint density at radius 3 is 2.54 bits per heavy atom. The van der Waals surface area contributed by atoms with E-state index in [0.29, 0.717) is 17.2 Å². The molecular formula is C19H22N2O3. The van der Waals surface area contributed by atoms with Crippen LogP contribution < -0.4 is 10.6 Å². The summed E-state index contributed by atoms with van der Waals surface area (Å²) in [6, 6.07) is 10.4. The number of hydrogen-bond donors (Lipinski definition) is 2. The third-order valence-electron chi connectivity index (χ3n) is 4.42. The molecule has 2 atom stereocenters. The second kappa shape index (κ2) is 7.34. The topological polar surface area (TPSA) is 71.3 Å². The first-order valence-electron chi connectivity index (χ1n) is 8.37. The van der Waals surface area contributed by atoms with Gasteiger partial charge < -0.3 is 15.1 Å². The Hall–Kier alpha value is -2.56. The van der Waals surface area contributed by atoms with E-state index in [9.17, 15) is 9.59 Å². The zero-order valence-electron chi connectivity index (χ0n) is 13.7. The number of benzene rings is 1. The summed E-state index contributed by atoms with van der Waals surface area (Å²) >= 11 is 0. The van der Waals surface area contributed by atoms with E-state index in [-0.39, 0.29) is 23.6 Å². The molecule has 1 heterocycles. The average molecular weight is 326 g/mol. The summed E-state index contributed by atoms with van der Waals surface area (Å²) in [6.45, 7) is 2.23. The van der Waals surface area contributed by atoms with Crippen molar-refractivity contribution < 1.29 is 14.0 Å². The lowest BCUT2D eigenvalue weighted by molar-refractivity contribution is 0.0921. The third kappa shape index (κ3) is 4.04. The van der Waals surface area contributed by atoms with Gasteiger partial charge in [0.1, 0.15) is 0 Å². The fourth-order valence-corrected chi connectivity index (χ4v) is 3.14. The quantitative estimate of drug-likeness (QED) is 0.896. The van der Waals surface area contributed by atoms with Crippen molar-refractivity contribution >= 4 is 17.5 Å². The molecule has 0 radical (unpaired) electrons. The van der Waals surface area contributed by atoms with Crippen LogP contribution in [-0.4, -0.2) is 17.9 Å². The van der Waals surface area contributed by atoms with Crippen LogP contribution in [0.1, 0.15) is 53.5 Å². The van der Waals surface area contributed by atoms with Gasteiger partial charge in [-0.1, -0.05) is 19.8 Å². The van der Waals surface area contributed by atoms with Crippen molar-refractivity contribution in [2.24, 2.45) is 5.92 Å². The van der Waals surface area contributed by atoms with Crippen molar-refractivity contribution in [3.8, 4) is 0 Å². The lowest BCUT2D eigenvalue weighted by Gasteiger charge is -2.27. The second-order valence-electron chi connectivity index (χ2n) is 6.45. The van der Waals surface area contributed by atoms with Gasteiger partial charge in [-0.05, 0) is 55.2 Å². The van der Waals surface area contributed by atoms with Gasteiger partial charge in [0.05, 0.1) is 6.26 Å². The maximum absolute atomic E-state index is 12.3. The molecule has 5 nitrogen and oxygen atoms in total. The number of carbonyl (C=O) groups is 2. The lowest BCUT2D eigenvalue weighted by atomic mass is 9.87. The molecule has 0 saturated heterocycles. The first-order valence-corrected chi connectivity index (χ1v) is 8.37.